The molecule has 1 fully saturated rings. The van der Waals surface area contributed by atoms with Gasteiger partial charge in [0.1, 0.15) is 5.76 Å². The van der Waals surface area contributed by atoms with Crippen molar-refractivity contribution in [1.82, 2.24) is 20.5 Å². The van der Waals surface area contributed by atoms with Gasteiger partial charge in [-0.15, -0.1) is 0 Å². The van der Waals surface area contributed by atoms with Crippen LogP contribution in [0, 0.1) is 19.8 Å². The second kappa shape index (κ2) is 8.91. The Balaban J connectivity index is 1.69. The molecular formula is C17H31N5O. The van der Waals surface area contributed by atoms with Crippen molar-refractivity contribution in [2.45, 2.75) is 46.6 Å². The van der Waals surface area contributed by atoms with Gasteiger partial charge in [-0.25, -0.2) is 4.98 Å². The van der Waals surface area contributed by atoms with E-state index in [0.29, 0.717) is 5.92 Å². The summed E-state index contributed by atoms with van der Waals surface area (Å²) in [5.74, 6) is 3.41. The van der Waals surface area contributed by atoms with Gasteiger partial charge in [0.2, 0.25) is 5.89 Å². The van der Waals surface area contributed by atoms with Crippen LogP contribution in [0.25, 0.3) is 0 Å². The summed E-state index contributed by atoms with van der Waals surface area (Å²) in [6.07, 6.45) is 3.52. The van der Waals surface area contributed by atoms with E-state index in [2.05, 4.69) is 32.4 Å². The zero-order chi connectivity index (χ0) is 16.7. The molecule has 2 N–H and O–H groups in total. The Kier molecular flexibility index (Phi) is 6.89. The number of aromatic nitrogens is 1. The van der Waals surface area contributed by atoms with Gasteiger partial charge in [0, 0.05) is 20.1 Å². The van der Waals surface area contributed by atoms with Gasteiger partial charge < -0.3 is 15.1 Å². The van der Waals surface area contributed by atoms with Crippen LogP contribution in [0.2, 0.25) is 0 Å². The van der Waals surface area contributed by atoms with Crippen LogP contribution in [-0.2, 0) is 6.54 Å². The summed E-state index contributed by atoms with van der Waals surface area (Å²) in [4.78, 5) is 11.2. The first-order chi connectivity index (χ1) is 11.1. The molecule has 0 aliphatic carbocycles. The van der Waals surface area contributed by atoms with E-state index in [4.69, 9.17) is 4.42 Å². The monoisotopic (exact) mass is 321 g/mol. The molecule has 1 aliphatic heterocycles. The second-order valence-corrected chi connectivity index (χ2v) is 6.35. The minimum Gasteiger partial charge on any atom is -0.444 e. The molecule has 6 nitrogen and oxygen atoms in total. The minimum atomic E-state index is 0.708. The minimum absolute atomic E-state index is 0.708. The first-order valence-electron chi connectivity index (χ1n) is 8.72. The van der Waals surface area contributed by atoms with Crippen LogP contribution in [-0.4, -0.2) is 49.1 Å². The van der Waals surface area contributed by atoms with E-state index < -0.39 is 0 Å². The Labute approximate surface area is 139 Å². The highest BCUT2D eigenvalue weighted by Crippen LogP contribution is 2.19. The van der Waals surface area contributed by atoms with Crippen molar-refractivity contribution < 1.29 is 4.42 Å². The number of nitrogens with one attached hydrogen (secondary N) is 2. The zero-order valence-corrected chi connectivity index (χ0v) is 15.0. The molecule has 2 rings (SSSR count). The van der Waals surface area contributed by atoms with Crippen molar-refractivity contribution in [2.24, 2.45) is 10.9 Å². The number of hydrogen-bond acceptors (Lipinski definition) is 4. The predicted octanol–water partition coefficient (Wildman–Crippen LogP) is 2.08. The quantitative estimate of drug-likeness (QED) is 0.620. The fraction of sp³-hybridized carbons (Fsp3) is 0.765. The number of oxazole rings is 1. The number of piperidine rings is 1. The first kappa shape index (κ1) is 17.8. The van der Waals surface area contributed by atoms with E-state index in [9.17, 15) is 0 Å². The number of guanidine groups is 1. The van der Waals surface area contributed by atoms with Gasteiger partial charge in [-0.2, -0.15) is 0 Å². The van der Waals surface area contributed by atoms with Crippen molar-refractivity contribution in [1.29, 1.82) is 0 Å². The molecule has 0 atom stereocenters. The number of likely N-dealkylation sites (tertiary alicyclic amines) is 1. The van der Waals surface area contributed by atoms with Crippen LogP contribution < -0.4 is 10.6 Å². The van der Waals surface area contributed by atoms with E-state index in [1.807, 2.05) is 20.9 Å². The molecule has 23 heavy (non-hydrogen) atoms. The van der Waals surface area contributed by atoms with E-state index in [0.717, 1.165) is 62.4 Å². The third-order valence-corrected chi connectivity index (χ3v) is 4.46. The van der Waals surface area contributed by atoms with E-state index in [1.165, 1.54) is 12.8 Å². The molecule has 1 saturated heterocycles. The second-order valence-electron chi connectivity index (χ2n) is 6.35. The number of hydrogen-bond donors (Lipinski definition) is 2. The van der Waals surface area contributed by atoms with Crippen LogP contribution in [0.1, 0.15) is 43.5 Å². The smallest absolute Gasteiger partial charge is 0.208 e. The van der Waals surface area contributed by atoms with Gasteiger partial charge >= 0.3 is 0 Å². The lowest BCUT2D eigenvalue weighted by atomic mass is 9.97. The molecule has 130 valence electrons. The lowest BCUT2D eigenvalue weighted by molar-refractivity contribution is 0.164. The molecule has 6 heteroatoms. The summed E-state index contributed by atoms with van der Waals surface area (Å²) >= 11 is 0. The Morgan fingerprint density at radius 2 is 2.04 bits per heavy atom. The van der Waals surface area contributed by atoms with Crippen LogP contribution in [0.5, 0.6) is 0 Å². The predicted molar refractivity (Wildman–Crippen MR) is 93.6 cm³/mol. The summed E-state index contributed by atoms with van der Waals surface area (Å²) in [5.41, 5.74) is 1.00. The van der Waals surface area contributed by atoms with Crippen molar-refractivity contribution in [3.63, 3.8) is 0 Å². The van der Waals surface area contributed by atoms with Gasteiger partial charge in [0.25, 0.3) is 0 Å². The fourth-order valence-corrected chi connectivity index (χ4v) is 2.85. The molecule has 0 spiro atoms. The Hall–Kier alpha value is -1.56. The Morgan fingerprint density at radius 1 is 1.30 bits per heavy atom. The van der Waals surface area contributed by atoms with Gasteiger partial charge in [-0.05, 0) is 52.1 Å². The molecular weight excluding hydrogens is 290 g/mol. The highest BCUT2D eigenvalue weighted by Gasteiger charge is 2.21. The van der Waals surface area contributed by atoms with E-state index in [1.54, 1.807) is 0 Å². The maximum atomic E-state index is 5.69. The fourth-order valence-electron chi connectivity index (χ4n) is 2.85. The normalized spacial score (nSPS) is 17.5. The standard InChI is InChI=1S/C17H31N5O/c1-5-8-19-17(18-4)20-11-15-6-9-22(10-7-15)12-16-21-13(2)14(3)23-16/h15H,5-12H2,1-4H3,(H2,18,19,20). The average Bonchev–Trinajstić information content (AvgIpc) is 2.87. The molecule has 1 aromatic rings. The first-order valence-corrected chi connectivity index (χ1v) is 8.72. The average molecular weight is 321 g/mol. The van der Waals surface area contributed by atoms with Crippen LogP contribution in [0.4, 0.5) is 0 Å². The van der Waals surface area contributed by atoms with Gasteiger partial charge in [0.05, 0.1) is 12.2 Å². The van der Waals surface area contributed by atoms with E-state index >= 15 is 0 Å². The number of aryl methyl sites for hydroxylation is 2. The molecule has 0 amide bonds. The molecule has 1 aromatic heterocycles. The maximum absolute atomic E-state index is 5.69. The molecule has 0 bridgehead atoms. The summed E-state index contributed by atoms with van der Waals surface area (Å²) < 4.78 is 5.69. The lowest BCUT2D eigenvalue weighted by Crippen LogP contribution is -2.42. The topological polar surface area (TPSA) is 65.7 Å². The molecule has 0 aromatic carbocycles. The Morgan fingerprint density at radius 3 is 2.61 bits per heavy atom. The summed E-state index contributed by atoms with van der Waals surface area (Å²) in [6.45, 7) is 11.1. The maximum Gasteiger partial charge on any atom is 0.208 e. The molecule has 0 radical (unpaired) electrons. The highest BCUT2D eigenvalue weighted by atomic mass is 16.4. The van der Waals surface area contributed by atoms with Crippen LogP contribution in [0.3, 0.4) is 0 Å². The van der Waals surface area contributed by atoms with Crippen LogP contribution >= 0.6 is 0 Å². The summed E-state index contributed by atoms with van der Waals surface area (Å²) in [5, 5.41) is 6.75. The summed E-state index contributed by atoms with van der Waals surface area (Å²) in [7, 11) is 1.83. The number of aliphatic imine (C=N–C) groups is 1. The Bertz CT molecular complexity index is 484. The molecule has 0 unspecified atom stereocenters. The van der Waals surface area contributed by atoms with Crippen molar-refractivity contribution in [3.8, 4) is 0 Å². The van der Waals surface area contributed by atoms with E-state index in [-0.39, 0.29) is 0 Å². The SMILES string of the molecule is CCCNC(=NC)NCC1CCN(Cc2nc(C)c(C)o2)CC1. The largest absolute Gasteiger partial charge is 0.444 e. The van der Waals surface area contributed by atoms with Crippen molar-refractivity contribution in [2.75, 3.05) is 33.2 Å². The van der Waals surface area contributed by atoms with Crippen molar-refractivity contribution in [3.05, 3.63) is 17.3 Å². The third kappa shape index (κ3) is 5.53. The van der Waals surface area contributed by atoms with Crippen molar-refractivity contribution >= 4 is 5.96 Å². The number of nitrogens with zero attached hydrogens (tertiary/aromatic N) is 3. The van der Waals surface area contributed by atoms with Gasteiger partial charge in [-0.1, -0.05) is 6.92 Å². The highest BCUT2D eigenvalue weighted by molar-refractivity contribution is 5.79. The molecule has 2 heterocycles. The third-order valence-electron chi connectivity index (χ3n) is 4.46. The molecule has 0 saturated carbocycles. The van der Waals surface area contributed by atoms with Gasteiger partial charge in [0.15, 0.2) is 5.96 Å². The van der Waals surface area contributed by atoms with Crippen LogP contribution in [0.15, 0.2) is 9.41 Å². The zero-order valence-electron chi connectivity index (χ0n) is 15.0. The van der Waals surface area contributed by atoms with Gasteiger partial charge in [-0.3, -0.25) is 9.89 Å². The summed E-state index contributed by atoms with van der Waals surface area (Å²) in [6, 6.07) is 0. The lowest BCUT2D eigenvalue weighted by Gasteiger charge is -2.31. The molecule has 1 aliphatic rings. The number of rotatable bonds is 6.